The fourth-order valence-electron chi connectivity index (χ4n) is 1.58. The van der Waals surface area contributed by atoms with Crippen molar-refractivity contribution in [1.29, 1.82) is 0 Å². The van der Waals surface area contributed by atoms with E-state index in [9.17, 15) is 19.2 Å². The highest BCUT2D eigenvalue weighted by molar-refractivity contribution is 5.91. The van der Waals surface area contributed by atoms with Crippen molar-refractivity contribution in [2.45, 2.75) is 39.3 Å². The summed E-state index contributed by atoms with van der Waals surface area (Å²) in [5, 5.41) is 15.9. The lowest BCUT2D eigenvalue weighted by molar-refractivity contribution is -0.141. The molecular formula is C13H24N4O5. The Morgan fingerprint density at radius 3 is 2.09 bits per heavy atom. The zero-order valence-electron chi connectivity index (χ0n) is 13.0. The molecule has 0 aromatic heterocycles. The molecule has 0 fully saturated rings. The van der Waals surface area contributed by atoms with Crippen molar-refractivity contribution >= 4 is 23.7 Å². The van der Waals surface area contributed by atoms with Crippen LogP contribution in [0.2, 0.25) is 0 Å². The van der Waals surface area contributed by atoms with Crippen LogP contribution in [0.15, 0.2) is 0 Å². The summed E-state index contributed by atoms with van der Waals surface area (Å²) in [6, 6.07) is -1.93. The van der Waals surface area contributed by atoms with E-state index in [1.807, 2.05) is 13.8 Å². The van der Waals surface area contributed by atoms with Crippen molar-refractivity contribution in [3.05, 3.63) is 0 Å². The molecule has 0 bridgehead atoms. The lowest BCUT2D eigenvalue weighted by Crippen LogP contribution is -2.53. The van der Waals surface area contributed by atoms with Crippen LogP contribution in [0.4, 0.5) is 0 Å². The minimum absolute atomic E-state index is 0.106. The molecule has 0 unspecified atom stereocenters. The lowest BCUT2D eigenvalue weighted by Gasteiger charge is -2.21. The average molecular weight is 316 g/mol. The molecule has 9 nitrogen and oxygen atoms in total. The van der Waals surface area contributed by atoms with E-state index in [4.69, 9.17) is 10.8 Å². The molecule has 0 aromatic carbocycles. The molecule has 22 heavy (non-hydrogen) atoms. The summed E-state index contributed by atoms with van der Waals surface area (Å²) in [5.41, 5.74) is 5.09. The van der Waals surface area contributed by atoms with Crippen molar-refractivity contribution in [3.63, 3.8) is 0 Å². The quantitative estimate of drug-likeness (QED) is 0.338. The number of carbonyl (C=O) groups excluding carboxylic acids is 3. The maximum atomic E-state index is 12.0. The molecule has 3 amide bonds. The number of nitrogens with two attached hydrogens (primary N) is 1. The SMILES string of the molecule is CC(C)C[C@H](NC(=O)CNC(=O)CN)C(=O)N[C@@H](C)C(=O)O. The molecule has 0 spiro atoms. The van der Waals surface area contributed by atoms with Crippen LogP contribution in [-0.2, 0) is 19.2 Å². The minimum Gasteiger partial charge on any atom is -0.480 e. The Kier molecular flexibility index (Phi) is 8.76. The highest BCUT2D eigenvalue weighted by atomic mass is 16.4. The Labute approximate surface area is 129 Å². The number of aliphatic carboxylic acids is 1. The van der Waals surface area contributed by atoms with Gasteiger partial charge in [0, 0.05) is 0 Å². The Morgan fingerprint density at radius 1 is 1.05 bits per heavy atom. The summed E-state index contributed by atoms with van der Waals surface area (Å²) in [6.45, 7) is 4.52. The van der Waals surface area contributed by atoms with Gasteiger partial charge in [-0.3, -0.25) is 19.2 Å². The van der Waals surface area contributed by atoms with Crippen LogP contribution in [0.5, 0.6) is 0 Å². The van der Waals surface area contributed by atoms with Crippen LogP contribution < -0.4 is 21.7 Å². The molecule has 0 aliphatic heterocycles. The largest absolute Gasteiger partial charge is 0.480 e. The molecular weight excluding hydrogens is 292 g/mol. The van der Waals surface area contributed by atoms with E-state index in [1.165, 1.54) is 6.92 Å². The molecule has 126 valence electrons. The number of carboxylic acids is 1. The number of carboxylic acid groups (broad SMARTS) is 1. The van der Waals surface area contributed by atoms with Gasteiger partial charge in [0.1, 0.15) is 12.1 Å². The fourth-order valence-corrected chi connectivity index (χ4v) is 1.58. The van der Waals surface area contributed by atoms with Crippen LogP contribution in [-0.4, -0.2) is 54.0 Å². The van der Waals surface area contributed by atoms with Crippen molar-refractivity contribution in [3.8, 4) is 0 Å². The van der Waals surface area contributed by atoms with Crippen LogP contribution in [0.1, 0.15) is 27.2 Å². The monoisotopic (exact) mass is 316 g/mol. The van der Waals surface area contributed by atoms with Gasteiger partial charge in [-0.05, 0) is 19.3 Å². The predicted octanol–water partition coefficient (Wildman–Crippen LogP) is -1.82. The van der Waals surface area contributed by atoms with E-state index in [0.29, 0.717) is 6.42 Å². The van der Waals surface area contributed by atoms with Gasteiger partial charge in [0.2, 0.25) is 17.7 Å². The van der Waals surface area contributed by atoms with Crippen LogP contribution >= 0.6 is 0 Å². The summed E-state index contributed by atoms with van der Waals surface area (Å²) in [4.78, 5) is 45.5. The highest BCUT2D eigenvalue weighted by Gasteiger charge is 2.24. The number of nitrogens with one attached hydrogen (secondary N) is 3. The molecule has 0 heterocycles. The second kappa shape index (κ2) is 9.72. The van der Waals surface area contributed by atoms with Gasteiger partial charge in [-0.2, -0.15) is 0 Å². The Morgan fingerprint density at radius 2 is 1.64 bits per heavy atom. The summed E-state index contributed by atoms with van der Waals surface area (Å²) >= 11 is 0. The standard InChI is InChI=1S/C13H24N4O5/c1-7(2)4-9(12(20)16-8(3)13(21)22)17-11(19)6-15-10(18)5-14/h7-9H,4-6,14H2,1-3H3,(H,15,18)(H,16,20)(H,17,19)(H,21,22)/t8-,9-/m0/s1. The Hall–Kier alpha value is -2.16. The molecule has 0 saturated heterocycles. The first kappa shape index (κ1) is 19.8. The summed E-state index contributed by atoms with van der Waals surface area (Å²) < 4.78 is 0. The number of hydrogen-bond donors (Lipinski definition) is 5. The van der Waals surface area contributed by atoms with Crippen molar-refractivity contribution in [1.82, 2.24) is 16.0 Å². The number of rotatable bonds is 9. The Bertz CT molecular complexity index is 425. The molecule has 0 rings (SSSR count). The molecule has 0 aromatic rings. The molecule has 0 aliphatic rings. The first-order chi connectivity index (χ1) is 10.2. The average Bonchev–Trinajstić information content (AvgIpc) is 2.43. The molecule has 0 aliphatic carbocycles. The Balaban J connectivity index is 4.62. The third-order valence-electron chi connectivity index (χ3n) is 2.72. The molecule has 0 radical (unpaired) electrons. The van der Waals surface area contributed by atoms with Crippen LogP contribution in [0.25, 0.3) is 0 Å². The van der Waals surface area contributed by atoms with Gasteiger partial charge in [0.25, 0.3) is 0 Å². The van der Waals surface area contributed by atoms with E-state index in [-0.39, 0.29) is 19.0 Å². The van der Waals surface area contributed by atoms with Crippen molar-refractivity contribution in [2.75, 3.05) is 13.1 Å². The molecule has 6 N–H and O–H groups in total. The maximum Gasteiger partial charge on any atom is 0.325 e. The number of carbonyl (C=O) groups is 4. The number of amides is 3. The summed E-state index contributed by atoms with van der Waals surface area (Å²) in [6.07, 6.45) is 0.342. The molecule has 9 heteroatoms. The van der Waals surface area contributed by atoms with Gasteiger partial charge in [-0.1, -0.05) is 13.8 Å². The van der Waals surface area contributed by atoms with E-state index >= 15 is 0 Å². The van der Waals surface area contributed by atoms with Gasteiger partial charge < -0.3 is 26.8 Å². The van der Waals surface area contributed by atoms with Gasteiger partial charge in [0.05, 0.1) is 13.1 Å². The van der Waals surface area contributed by atoms with Gasteiger partial charge >= 0.3 is 5.97 Å². The molecule has 2 atom stereocenters. The first-order valence-electron chi connectivity index (χ1n) is 6.96. The van der Waals surface area contributed by atoms with Crippen molar-refractivity contribution in [2.24, 2.45) is 11.7 Å². The topological polar surface area (TPSA) is 151 Å². The summed E-state index contributed by atoms with van der Waals surface area (Å²) in [7, 11) is 0. The van der Waals surface area contributed by atoms with E-state index in [1.54, 1.807) is 0 Å². The van der Waals surface area contributed by atoms with Crippen LogP contribution in [0, 0.1) is 5.92 Å². The second-order valence-electron chi connectivity index (χ2n) is 5.30. The third-order valence-corrected chi connectivity index (χ3v) is 2.72. The smallest absolute Gasteiger partial charge is 0.325 e. The fraction of sp³-hybridized carbons (Fsp3) is 0.692. The zero-order valence-corrected chi connectivity index (χ0v) is 13.0. The third kappa shape index (κ3) is 8.20. The van der Waals surface area contributed by atoms with Gasteiger partial charge in [-0.15, -0.1) is 0 Å². The van der Waals surface area contributed by atoms with Crippen molar-refractivity contribution < 1.29 is 24.3 Å². The maximum absolute atomic E-state index is 12.0. The minimum atomic E-state index is -1.17. The van der Waals surface area contributed by atoms with E-state index < -0.39 is 35.8 Å². The normalized spacial score (nSPS) is 13.1. The highest BCUT2D eigenvalue weighted by Crippen LogP contribution is 2.05. The van der Waals surface area contributed by atoms with Gasteiger partial charge in [0.15, 0.2) is 0 Å². The first-order valence-corrected chi connectivity index (χ1v) is 6.96. The zero-order chi connectivity index (χ0) is 17.3. The van der Waals surface area contributed by atoms with E-state index in [2.05, 4.69) is 16.0 Å². The second-order valence-corrected chi connectivity index (χ2v) is 5.30. The summed E-state index contributed by atoms with van der Waals surface area (Å²) in [5.74, 6) is -2.68. The lowest BCUT2D eigenvalue weighted by atomic mass is 10.0. The number of hydrogen-bond acceptors (Lipinski definition) is 5. The van der Waals surface area contributed by atoms with E-state index in [0.717, 1.165) is 0 Å². The van der Waals surface area contributed by atoms with Gasteiger partial charge in [-0.25, -0.2) is 0 Å². The molecule has 0 saturated carbocycles. The van der Waals surface area contributed by atoms with Crippen LogP contribution in [0.3, 0.4) is 0 Å². The predicted molar refractivity (Wildman–Crippen MR) is 78.7 cm³/mol.